The van der Waals surface area contributed by atoms with Gasteiger partial charge < -0.3 is 15.4 Å². The van der Waals surface area contributed by atoms with Crippen LogP contribution < -0.4 is 15.4 Å². The van der Waals surface area contributed by atoms with E-state index in [1.54, 1.807) is 7.11 Å². The van der Waals surface area contributed by atoms with E-state index >= 15 is 0 Å². The maximum atomic E-state index is 12.9. The highest BCUT2D eigenvalue weighted by molar-refractivity contribution is 5.83. The summed E-state index contributed by atoms with van der Waals surface area (Å²) in [5.41, 5.74) is 1.16. The summed E-state index contributed by atoms with van der Waals surface area (Å²) in [6.45, 7) is 2.41. The van der Waals surface area contributed by atoms with Crippen LogP contribution in [0.2, 0.25) is 0 Å². The van der Waals surface area contributed by atoms with Crippen LogP contribution in [-0.2, 0) is 16.1 Å². The topological polar surface area (TPSA) is 73.9 Å². The molecular formula is C22H30N4O3. The van der Waals surface area contributed by atoms with Gasteiger partial charge in [-0.1, -0.05) is 18.1 Å². The van der Waals surface area contributed by atoms with Crippen molar-refractivity contribution in [2.24, 2.45) is 0 Å². The van der Waals surface area contributed by atoms with Crippen LogP contribution in [0.25, 0.3) is 0 Å². The van der Waals surface area contributed by atoms with Crippen LogP contribution in [0.5, 0.6) is 5.75 Å². The first-order chi connectivity index (χ1) is 14.0. The number of hydrogen-bond acceptors (Lipinski definition) is 5. The number of carbonyl (C=O) groups is 2. The van der Waals surface area contributed by atoms with Crippen LogP contribution in [0.1, 0.15) is 24.8 Å². The van der Waals surface area contributed by atoms with Crippen molar-refractivity contribution < 1.29 is 14.3 Å². The van der Waals surface area contributed by atoms with E-state index in [0.29, 0.717) is 19.4 Å². The van der Waals surface area contributed by atoms with E-state index < -0.39 is 0 Å². The monoisotopic (exact) mass is 398 g/mol. The van der Waals surface area contributed by atoms with E-state index in [9.17, 15) is 9.59 Å². The summed E-state index contributed by atoms with van der Waals surface area (Å²) in [6, 6.07) is 8.08. The van der Waals surface area contributed by atoms with Gasteiger partial charge in [-0.05, 0) is 37.6 Å². The number of fused-ring (bicyclic) bond motifs is 1. The summed E-state index contributed by atoms with van der Waals surface area (Å²) in [4.78, 5) is 29.3. The molecule has 2 aliphatic rings. The molecule has 2 fully saturated rings. The summed E-state index contributed by atoms with van der Waals surface area (Å²) < 4.78 is 5.22. The average Bonchev–Trinajstić information content (AvgIpc) is 3.10. The number of ether oxygens (including phenoxy) is 1. The molecule has 2 heterocycles. The third kappa shape index (κ3) is 5.08. The molecule has 0 radical (unpaired) electrons. The standard InChI is InChI=1S/C22H30N4O3/c1-4-12-23-20(27)10-7-17-14-24-22(28)21-19(25(17)2)11-13-26(21)15-16-5-8-18(29-3)9-6-16/h1,5-6,8-9,17,19,21H,7,10-15H2,2-3H3,(H,23,27)(H,24,28)/t17-,19-,21-/m0/s1. The molecule has 2 N–H and O–H groups in total. The Morgan fingerprint density at radius 1 is 1.38 bits per heavy atom. The van der Waals surface area contributed by atoms with Gasteiger partial charge in [0, 0.05) is 38.1 Å². The second kappa shape index (κ2) is 9.77. The van der Waals surface area contributed by atoms with Crippen molar-refractivity contribution in [1.29, 1.82) is 0 Å². The number of methoxy groups -OCH3 is 1. The summed E-state index contributed by atoms with van der Waals surface area (Å²) in [7, 11) is 3.72. The summed E-state index contributed by atoms with van der Waals surface area (Å²) in [6.07, 6.45) is 7.21. The lowest BCUT2D eigenvalue weighted by atomic mass is 10.0. The highest BCUT2D eigenvalue weighted by atomic mass is 16.5. The summed E-state index contributed by atoms with van der Waals surface area (Å²) in [5, 5.41) is 5.79. The molecule has 1 aromatic rings. The van der Waals surface area contributed by atoms with Gasteiger partial charge >= 0.3 is 0 Å². The third-order valence-corrected chi connectivity index (χ3v) is 5.99. The lowest BCUT2D eigenvalue weighted by Gasteiger charge is -2.33. The lowest BCUT2D eigenvalue weighted by Crippen LogP contribution is -2.49. The van der Waals surface area contributed by atoms with Gasteiger partial charge in [0.25, 0.3) is 0 Å². The fraction of sp³-hybridized carbons (Fsp3) is 0.545. The number of likely N-dealkylation sites (tertiary alicyclic amines) is 1. The number of hydrogen-bond donors (Lipinski definition) is 2. The number of likely N-dealkylation sites (N-methyl/N-ethyl adjacent to an activating group) is 1. The van der Waals surface area contributed by atoms with E-state index in [1.807, 2.05) is 24.3 Å². The average molecular weight is 399 g/mol. The number of carbonyl (C=O) groups excluding carboxylic acids is 2. The molecule has 0 unspecified atom stereocenters. The van der Waals surface area contributed by atoms with Crippen molar-refractivity contribution in [1.82, 2.24) is 20.4 Å². The molecule has 0 aliphatic carbocycles. The number of amides is 2. The molecular weight excluding hydrogens is 368 g/mol. The van der Waals surface area contributed by atoms with Gasteiger partial charge in [0.2, 0.25) is 11.8 Å². The van der Waals surface area contributed by atoms with Crippen molar-refractivity contribution >= 4 is 11.8 Å². The minimum Gasteiger partial charge on any atom is -0.497 e. The molecule has 3 atom stereocenters. The quantitative estimate of drug-likeness (QED) is 0.658. The Kier molecular flexibility index (Phi) is 7.13. The normalized spacial score (nSPS) is 24.9. The molecule has 2 amide bonds. The highest BCUT2D eigenvalue weighted by Crippen LogP contribution is 2.28. The van der Waals surface area contributed by atoms with Crippen molar-refractivity contribution in [2.75, 3.05) is 33.8 Å². The second-order valence-electron chi connectivity index (χ2n) is 7.70. The van der Waals surface area contributed by atoms with Crippen LogP contribution in [0.15, 0.2) is 24.3 Å². The minimum absolute atomic E-state index is 0.0453. The van der Waals surface area contributed by atoms with E-state index in [2.05, 4.69) is 33.4 Å². The Morgan fingerprint density at radius 3 is 2.83 bits per heavy atom. The molecule has 7 heteroatoms. The number of terminal acetylenes is 1. The van der Waals surface area contributed by atoms with Crippen molar-refractivity contribution in [3.05, 3.63) is 29.8 Å². The maximum Gasteiger partial charge on any atom is 0.239 e. The minimum atomic E-state index is -0.178. The Morgan fingerprint density at radius 2 is 2.14 bits per heavy atom. The van der Waals surface area contributed by atoms with Crippen molar-refractivity contribution in [3.63, 3.8) is 0 Å². The maximum absolute atomic E-state index is 12.9. The van der Waals surface area contributed by atoms with Gasteiger partial charge in [-0.3, -0.25) is 19.4 Å². The van der Waals surface area contributed by atoms with Gasteiger partial charge in [0.15, 0.2) is 0 Å². The number of nitrogens with zero attached hydrogens (tertiary/aromatic N) is 2. The lowest BCUT2D eigenvalue weighted by molar-refractivity contribution is -0.126. The van der Waals surface area contributed by atoms with Crippen LogP contribution in [0.3, 0.4) is 0 Å². The molecule has 1 aromatic carbocycles. The molecule has 7 nitrogen and oxygen atoms in total. The molecule has 0 saturated carbocycles. The Labute approximate surface area is 172 Å². The van der Waals surface area contributed by atoms with E-state index in [0.717, 1.165) is 30.8 Å². The van der Waals surface area contributed by atoms with Crippen LogP contribution in [0.4, 0.5) is 0 Å². The SMILES string of the molecule is C#CCNC(=O)CC[C@H]1CNC(=O)[C@@H]2[C@H](CCN2Cc2ccc(OC)cc2)N1C. The molecule has 2 aliphatic heterocycles. The Bertz CT molecular complexity index is 758. The van der Waals surface area contributed by atoms with Gasteiger partial charge in [-0.2, -0.15) is 0 Å². The molecule has 2 saturated heterocycles. The first-order valence-electron chi connectivity index (χ1n) is 10.1. The fourth-order valence-electron chi connectivity index (χ4n) is 4.33. The highest BCUT2D eigenvalue weighted by Gasteiger charge is 2.44. The Balaban J connectivity index is 1.63. The number of rotatable bonds is 7. The predicted molar refractivity (Wildman–Crippen MR) is 111 cm³/mol. The van der Waals surface area contributed by atoms with Crippen LogP contribution in [0, 0.1) is 12.3 Å². The van der Waals surface area contributed by atoms with Crippen molar-refractivity contribution in [3.8, 4) is 18.1 Å². The zero-order chi connectivity index (χ0) is 20.8. The zero-order valence-corrected chi connectivity index (χ0v) is 17.2. The molecule has 0 aromatic heterocycles. The van der Waals surface area contributed by atoms with Crippen LogP contribution in [-0.4, -0.2) is 73.5 Å². The molecule has 0 bridgehead atoms. The second-order valence-corrected chi connectivity index (χ2v) is 7.70. The van der Waals surface area contributed by atoms with Gasteiger partial charge in [-0.15, -0.1) is 6.42 Å². The van der Waals surface area contributed by atoms with E-state index in [4.69, 9.17) is 11.2 Å². The largest absolute Gasteiger partial charge is 0.497 e. The molecule has 3 rings (SSSR count). The molecule has 0 spiro atoms. The number of benzene rings is 1. The molecule has 29 heavy (non-hydrogen) atoms. The Hall–Kier alpha value is -2.56. The summed E-state index contributed by atoms with van der Waals surface area (Å²) in [5.74, 6) is 3.27. The molecule has 156 valence electrons. The van der Waals surface area contributed by atoms with Gasteiger partial charge in [0.1, 0.15) is 11.8 Å². The zero-order valence-electron chi connectivity index (χ0n) is 17.2. The third-order valence-electron chi connectivity index (χ3n) is 5.99. The summed E-state index contributed by atoms with van der Waals surface area (Å²) >= 11 is 0. The fourth-order valence-corrected chi connectivity index (χ4v) is 4.33. The predicted octanol–water partition coefficient (Wildman–Crippen LogP) is 0.598. The smallest absolute Gasteiger partial charge is 0.239 e. The van der Waals surface area contributed by atoms with Gasteiger partial charge in [0.05, 0.1) is 13.7 Å². The van der Waals surface area contributed by atoms with Crippen molar-refractivity contribution in [2.45, 2.75) is 43.9 Å². The van der Waals surface area contributed by atoms with Crippen LogP contribution >= 0.6 is 0 Å². The van der Waals surface area contributed by atoms with E-state index in [-0.39, 0.29) is 36.5 Å². The first kappa shape index (κ1) is 21.2. The number of nitrogens with one attached hydrogen (secondary N) is 2. The van der Waals surface area contributed by atoms with Gasteiger partial charge in [-0.25, -0.2) is 0 Å². The van der Waals surface area contributed by atoms with E-state index in [1.165, 1.54) is 0 Å². The first-order valence-corrected chi connectivity index (χ1v) is 10.1.